The summed E-state index contributed by atoms with van der Waals surface area (Å²) in [7, 11) is 0. The van der Waals surface area contributed by atoms with Crippen molar-refractivity contribution in [3.63, 3.8) is 0 Å². The van der Waals surface area contributed by atoms with Gasteiger partial charge in [0.15, 0.2) is 0 Å². The van der Waals surface area contributed by atoms with E-state index in [0.717, 1.165) is 24.2 Å². The smallest absolute Gasteiger partial charge is 0.407 e. The van der Waals surface area contributed by atoms with Crippen LogP contribution in [-0.4, -0.2) is 18.2 Å². The topological polar surface area (TPSA) is 50.4 Å². The SMILES string of the molecule is CC(C)(C)CCNc1ccccc1CNC(=O)OC(C)(C)C. The number of rotatable bonds is 5. The normalized spacial score (nSPS) is 11.9. The van der Waals surface area contributed by atoms with Gasteiger partial charge in [0.2, 0.25) is 0 Å². The molecular weight excluding hydrogens is 276 g/mol. The van der Waals surface area contributed by atoms with Gasteiger partial charge in [0, 0.05) is 18.8 Å². The van der Waals surface area contributed by atoms with Crippen molar-refractivity contribution in [2.24, 2.45) is 5.41 Å². The van der Waals surface area contributed by atoms with Gasteiger partial charge in [0.05, 0.1) is 0 Å². The third kappa shape index (κ3) is 7.91. The molecule has 4 nitrogen and oxygen atoms in total. The first-order valence-corrected chi connectivity index (χ1v) is 7.85. The minimum Gasteiger partial charge on any atom is -0.444 e. The molecule has 0 unspecified atom stereocenters. The van der Waals surface area contributed by atoms with Gasteiger partial charge in [-0.1, -0.05) is 39.0 Å². The van der Waals surface area contributed by atoms with E-state index in [0.29, 0.717) is 12.0 Å². The van der Waals surface area contributed by atoms with E-state index in [1.807, 2.05) is 45.0 Å². The molecule has 1 aromatic rings. The number of anilines is 1. The lowest BCUT2D eigenvalue weighted by Crippen LogP contribution is -2.32. The van der Waals surface area contributed by atoms with Crippen LogP contribution >= 0.6 is 0 Å². The fourth-order valence-corrected chi connectivity index (χ4v) is 1.90. The number of para-hydroxylation sites is 1. The van der Waals surface area contributed by atoms with E-state index in [-0.39, 0.29) is 0 Å². The lowest BCUT2D eigenvalue weighted by molar-refractivity contribution is 0.0523. The molecule has 0 spiro atoms. The molecule has 4 heteroatoms. The first kappa shape index (κ1) is 18.3. The number of hydrogen-bond acceptors (Lipinski definition) is 3. The Kier molecular flexibility index (Phi) is 6.27. The van der Waals surface area contributed by atoms with Crippen molar-refractivity contribution in [2.45, 2.75) is 60.1 Å². The van der Waals surface area contributed by atoms with E-state index in [9.17, 15) is 4.79 Å². The third-order valence-electron chi connectivity index (χ3n) is 3.03. The average Bonchev–Trinajstić information content (AvgIpc) is 2.34. The highest BCUT2D eigenvalue weighted by Crippen LogP contribution is 2.20. The Hall–Kier alpha value is -1.71. The Bertz CT molecular complexity index is 485. The molecule has 0 atom stereocenters. The van der Waals surface area contributed by atoms with Crippen molar-refractivity contribution in [3.05, 3.63) is 29.8 Å². The van der Waals surface area contributed by atoms with Crippen LogP contribution in [0, 0.1) is 5.41 Å². The summed E-state index contributed by atoms with van der Waals surface area (Å²) in [6, 6.07) is 8.02. The van der Waals surface area contributed by atoms with Crippen molar-refractivity contribution < 1.29 is 9.53 Å². The monoisotopic (exact) mass is 306 g/mol. The van der Waals surface area contributed by atoms with Gasteiger partial charge in [-0.3, -0.25) is 0 Å². The summed E-state index contributed by atoms with van der Waals surface area (Å²) >= 11 is 0. The van der Waals surface area contributed by atoms with Crippen LogP contribution in [0.3, 0.4) is 0 Å². The molecule has 0 radical (unpaired) electrons. The molecule has 0 heterocycles. The maximum Gasteiger partial charge on any atom is 0.407 e. The largest absolute Gasteiger partial charge is 0.444 e. The number of carbonyl (C=O) groups is 1. The molecule has 0 bridgehead atoms. The van der Waals surface area contributed by atoms with Crippen molar-refractivity contribution in [1.29, 1.82) is 0 Å². The van der Waals surface area contributed by atoms with Crippen LogP contribution in [0.4, 0.5) is 10.5 Å². The number of alkyl carbamates (subject to hydrolysis) is 1. The van der Waals surface area contributed by atoms with Crippen LogP contribution in [0.1, 0.15) is 53.5 Å². The van der Waals surface area contributed by atoms with Crippen LogP contribution < -0.4 is 10.6 Å². The van der Waals surface area contributed by atoms with Gasteiger partial charge in [0.1, 0.15) is 5.60 Å². The van der Waals surface area contributed by atoms with Crippen LogP contribution in [0.15, 0.2) is 24.3 Å². The van der Waals surface area contributed by atoms with Crippen molar-refractivity contribution in [1.82, 2.24) is 5.32 Å². The van der Waals surface area contributed by atoms with Crippen molar-refractivity contribution in [2.75, 3.05) is 11.9 Å². The van der Waals surface area contributed by atoms with Crippen LogP contribution in [-0.2, 0) is 11.3 Å². The zero-order valence-corrected chi connectivity index (χ0v) is 14.7. The second-order valence-electron chi connectivity index (χ2n) is 7.75. The van der Waals surface area contributed by atoms with Crippen LogP contribution in [0.25, 0.3) is 0 Å². The number of amides is 1. The first-order valence-electron chi connectivity index (χ1n) is 7.85. The zero-order valence-electron chi connectivity index (χ0n) is 14.7. The van der Waals surface area contributed by atoms with E-state index in [4.69, 9.17) is 4.74 Å². The van der Waals surface area contributed by atoms with E-state index in [1.165, 1.54) is 0 Å². The van der Waals surface area contributed by atoms with E-state index in [2.05, 4.69) is 31.4 Å². The van der Waals surface area contributed by atoms with Gasteiger partial charge >= 0.3 is 6.09 Å². The van der Waals surface area contributed by atoms with Crippen molar-refractivity contribution >= 4 is 11.8 Å². The second-order valence-corrected chi connectivity index (χ2v) is 7.75. The number of hydrogen-bond donors (Lipinski definition) is 2. The van der Waals surface area contributed by atoms with Gasteiger partial charge in [-0.15, -0.1) is 0 Å². The second kappa shape index (κ2) is 7.52. The standard InChI is InChI=1S/C18H30N2O2/c1-17(2,3)11-12-19-15-10-8-7-9-14(15)13-20-16(21)22-18(4,5)6/h7-10,19H,11-13H2,1-6H3,(H,20,21). The Balaban J connectivity index is 2.55. The quantitative estimate of drug-likeness (QED) is 0.838. The fourth-order valence-electron chi connectivity index (χ4n) is 1.90. The van der Waals surface area contributed by atoms with E-state index >= 15 is 0 Å². The molecule has 1 aromatic carbocycles. The molecule has 1 amide bonds. The number of benzene rings is 1. The molecule has 0 saturated carbocycles. The Morgan fingerprint density at radius 2 is 1.73 bits per heavy atom. The van der Waals surface area contributed by atoms with Crippen LogP contribution in [0.2, 0.25) is 0 Å². The van der Waals surface area contributed by atoms with Gasteiger partial charge in [-0.05, 0) is 44.2 Å². The molecule has 0 aliphatic rings. The fraction of sp³-hybridized carbons (Fsp3) is 0.611. The summed E-state index contributed by atoms with van der Waals surface area (Å²) in [5.74, 6) is 0. The zero-order chi connectivity index (χ0) is 16.8. The Morgan fingerprint density at radius 3 is 2.32 bits per heavy atom. The third-order valence-corrected chi connectivity index (χ3v) is 3.03. The maximum absolute atomic E-state index is 11.7. The molecule has 0 aromatic heterocycles. The maximum atomic E-state index is 11.7. The molecule has 2 N–H and O–H groups in total. The number of ether oxygens (including phenoxy) is 1. The minimum absolute atomic E-state index is 0.302. The molecular formula is C18H30N2O2. The summed E-state index contributed by atoms with van der Waals surface area (Å²) < 4.78 is 5.25. The molecule has 0 saturated heterocycles. The number of nitrogens with one attached hydrogen (secondary N) is 2. The van der Waals surface area contributed by atoms with E-state index < -0.39 is 11.7 Å². The van der Waals surface area contributed by atoms with E-state index in [1.54, 1.807) is 0 Å². The van der Waals surface area contributed by atoms with Gasteiger partial charge in [0.25, 0.3) is 0 Å². The number of carbonyl (C=O) groups excluding carboxylic acids is 1. The first-order chi connectivity index (χ1) is 10.1. The molecule has 0 fully saturated rings. The predicted octanol–water partition coefficient (Wildman–Crippen LogP) is 4.56. The molecule has 22 heavy (non-hydrogen) atoms. The van der Waals surface area contributed by atoms with Crippen molar-refractivity contribution in [3.8, 4) is 0 Å². The average molecular weight is 306 g/mol. The van der Waals surface area contributed by atoms with Gasteiger partial charge in [-0.25, -0.2) is 4.79 Å². The summed E-state index contributed by atoms with van der Waals surface area (Å²) in [6.07, 6.45) is 0.692. The van der Waals surface area contributed by atoms with Gasteiger partial charge < -0.3 is 15.4 Å². The van der Waals surface area contributed by atoms with Crippen LogP contribution in [0.5, 0.6) is 0 Å². The molecule has 0 aliphatic heterocycles. The highest BCUT2D eigenvalue weighted by Gasteiger charge is 2.16. The summed E-state index contributed by atoms with van der Waals surface area (Å²) in [5.41, 5.74) is 1.94. The summed E-state index contributed by atoms with van der Waals surface area (Å²) in [5, 5.41) is 6.25. The predicted molar refractivity (Wildman–Crippen MR) is 92.1 cm³/mol. The highest BCUT2D eigenvalue weighted by molar-refractivity contribution is 5.68. The Morgan fingerprint density at radius 1 is 1.09 bits per heavy atom. The minimum atomic E-state index is -0.478. The molecule has 0 aliphatic carbocycles. The lowest BCUT2D eigenvalue weighted by atomic mass is 9.92. The van der Waals surface area contributed by atoms with Gasteiger partial charge in [-0.2, -0.15) is 0 Å². The lowest BCUT2D eigenvalue weighted by Gasteiger charge is -2.21. The molecule has 1 rings (SSSR count). The Labute approximate surface area is 134 Å². The highest BCUT2D eigenvalue weighted by atomic mass is 16.6. The summed E-state index contributed by atoms with van der Waals surface area (Å²) in [6.45, 7) is 13.6. The molecule has 124 valence electrons. The summed E-state index contributed by atoms with van der Waals surface area (Å²) in [4.78, 5) is 11.7.